The summed E-state index contributed by atoms with van der Waals surface area (Å²) in [6.45, 7) is 0.0186. The van der Waals surface area contributed by atoms with Crippen LogP contribution in [0.25, 0.3) is 0 Å². The van der Waals surface area contributed by atoms with E-state index in [9.17, 15) is 13.2 Å². The van der Waals surface area contributed by atoms with Gasteiger partial charge in [0.15, 0.2) is 0 Å². The van der Waals surface area contributed by atoms with Crippen LogP contribution in [-0.2, 0) is 6.18 Å². The van der Waals surface area contributed by atoms with Gasteiger partial charge in [-0.15, -0.1) is 0 Å². The molecule has 0 amide bonds. The molecule has 0 radical (unpaired) electrons. The van der Waals surface area contributed by atoms with Gasteiger partial charge in [0.05, 0.1) is 5.56 Å². The van der Waals surface area contributed by atoms with Gasteiger partial charge in [-0.05, 0) is 24.5 Å². The number of aromatic nitrogens is 1. The highest BCUT2D eigenvalue weighted by molar-refractivity contribution is 5.31. The predicted molar refractivity (Wildman–Crippen MR) is 52.4 cm³/mol. The fourth-order valence-electron chi connectivity index (χ4n) is 0.996. The summed E-state index contributed by atoms with van der Waals surface area (Å²) >= 11 is 0. The number of hydrogen-bond acceptors (Lipinski definition) is 2. The van der Waals surface area contributed by atoms with Crippen LogP contribution in [0.1, 0.15) is 24.1 Å². The van der Waals surface area contributed by atoms with E-state index in [1.807, 2.05) is 0 Å². The number of nitrogens with zero attached hydrogens (tertiary/aromatic N) is 1. The first-order chi connectivity index (χ1) is 7.54. The molecule has 1 aromatic rings. The molecular weight excluding hydrogens is 219 g/mol. The molecule has 0 bridgehead atoms. The third-order valence-electron chi connectivity index (χ3n) is 1.76. The molecule has 0 aliphatic carbocycles. The van der Waals surface area contributed by atoms with Crippen molar-refractivity contribution in [2.45, 2.75) is 19.0 Å². The highest BCUT2D eigenvalue weighted by atomic mass is 19.4. The van der Waals surface area contributed by atoms with Gasteiger partial charge in [-0.3, -0.25) is 0 Å². The number of alkyl halides is 3. The third-order valence-corrected chi connectivity index (χ3v) is 1.76. The molecule has 0 atom stereocenters. The van der Waals surface area contributed by atoms with Crippen molar-refractivity contribution in [2.24, 2.45) is 0 Å². The van der Waals surface area contributed by atoms with E-state index in [2.05, 4.69) is 16.8 Å². The Morgan fingerprint density at radius 3 is 2.75 bits per heavy atom. The maximum Gasteiger partial charge on any atom is 0.416 e. The van der Waals surface area contributed by atoms with Crippen molar-refractivity contribution < 1.29 is 18.3 Å². The maximum atomic E-state index is 12.3. The predicted octanol–water partition coefficient (Wildman–Crippen LogP) is 2.22. The smallest absolute Gasteiger partial charge is 0.396 e. The number of halogens is 3. The highest BCUT2D eigenvalue weighted by Crippen LogP contribution is 2.28. The van der Waals surface area contributed by atoms with Crippen LogP contribution in [0, 0.1) is 11.8 Å². The van der Waals surface area contributed by atoms with Crippen LogP contribution in [0.2, 0.25) is 0 Å². The molecule has 1 N–H and O–H groups in total. The molecule has 16 heavy (non-hydrogen) atoms. The van der Waals surface area contributed by atoms with E-state index in [0.29, 0.717) is 12.8 Å². The van der Waals surface area contributed by atoms with Crippen LogP contribution in [0.5, 0.6) is 0 Å². The quantitative estimate of drug-likeness (QED) is 0.623. The van der Waals surface area contributed by atoms with Crippen molar-refractivity contribution in [2.75, 3.05) is 6.61 Å². The second kappa shape index (κ2) is 5.52. The molecule has 0 unspecified atom stereocenters. The summed E-state index contributed by atoms with van der Waals surface area (Å²) in [4.78, 5) is 3.71. The van der Waals surface area contributed by atoms with Crippen molar-refractivity contribution in [3.05, 3.63) is 29.6 Å². The van der Waals surface area contributed by atoms with Crippen LogP contribution in [0.4, 0.5) is 13.2 Å². The number of unbranched alkanes of at least 4 members (excludes halogenated alkanes) is 1. The van der Waals surface area contributed by atoms with E-state index in [0.717, 1.165) is 18.3 Å². The molecule has 2 nitrogen and oxygen atoms in total. The van der Waals surface area contributed by atoms with Gasteiger partial charge in [0.25, 0.3) is 0 Å². The van der Waals surface area contributed by atoms with E-state index in [1.54, 1.807) is 0 Å². The first-order valence-electron chi connectivity index (χ1n) is 4.67. The lowest BCUT2D eigenvalue weighted by Gasteiger charge is -2.05. The lowest BCUT2D eigenvalue weighted by Crippen LogP contribution is -2.05. The standard InChI is InChI=1S/C11H10F3NO/c12-11(13,14)9-5-6-15-10(8-9)4-2-1-3-7-16/h5-6,8,16H,1,3,7H2. The number of aliphatic hydroxyl groups excluding tert-OH is 1. The molecule has 1 heterocycles. The first kappa shape index (κ1) is 12.5. The normalized spacial score (nSPS) is 10.8. The molecule has 0 saturated heterocycles. The third kappa shape index (κ3) is 3.91. The lowest BCUT2D eigenvalue weighted by atomic mass is 10.2. The van der Waals surface area contributed by atoms with Crippen LogP contribution in [0.15, 0.2) is 18.3 Å². The Hall–Kier alpha value is -1.54. The first-order valence-corrected chi connectivity index (χ1v) is 4.67. The van der Waals surface area contributed by atoms with E-state index in [1.165, 1.54) is 0 Å². The minimum Gasteiger partial charge on any atom is -0.396 e. The fraction of sp³-hybridized carbons (Fsp3) is 0.364. The van der Waals surface area contributed by atoms with Gasteiger partial charge < -0.3 is 5.11 Å². The van der Waals surface area contributed by atoms with E-state index < -0.39 is 11.7 Å². The van der Waals surface area contributed by atoms with Crippen LogP contribution in [-0.4, -0.2) is 16.7 Å². The number of aliphatic hydroxyl groups is 1. The average Bonchev–Trinajstić information content (AvgIpc) is 2.24. The molecule has 86 valence electrons. The summed E-state index contributed by atoms with van der Waals surface area (Å²) in [5, 5.41) is 8.48. The average molecular weight is 229 g/mol. The summed E-state index contributed by atoms with van der Waals surface area (Å²) in [6.07, 6.45) is -2.34. The van der Waals surface area contributed by atoms with Crippen LogP contribution < -0.4 is 0 Å². The largest absolute Gasteiger partial charge is 0.416 e. The van der Waals surface area contributed by atoms with E-state index in [4.69, 9.17) is 5.11 Å². The number of rotatable bonds is 2. The molecule has 5 heteroatoms. The molecular formula is C11H10F3NO. The monoisotopic (exact) mass is 229 g/mol. The van der Waals surface area contributed by atoms with Crippen LogP contribution in [0.3, 0.4) is 0 Å². The SMILES string of the molecule is OCCCC#Cc1cc(C(F)(F)F)ccn1. The molecule has 0 spiro atoms. The molecule has 0 aliphatic heterocycles. The Labute approximate surface area is 91.1 Å². The van der Waals surface area contributed by atoms with Gasteiger partial charge in [0, 0.05) is 19.2 Å². The topological polar surface area (TPSA) is 33.1 Å². The second-order valence-electron chi connectivity index (χ2n) is 3.06. The summed E-state index contributed by atoms with van der Waals surface area (Å²) in [6, 6.07) is 1.81. The Bertz CT molecular complexity index is 404. The van der Waals surface area contributed by atoms with Crippen molar-refractivity contribution in [3.8, 4) is 11.8 Å². The highest BCUT2D eigenvalue weighted by Gasteiger charge is 2.30. The Kier molecular flexibility index (Phi) is 4.32. The summed E-state index contributed by atoms with van der Waals surface area (Å²) in [5.74, 6) is 5.16. The summed E-state index contributed by atoms with van der Waals surface area (Å²) < 4.78 is 36.9. The van der Waals surface area contributed by atoms with Gasteiger partial charge in [-0.2, -0.15) is 13.2 Å². The van der Waals surface area contributed by atoms with Gasteiger partial charge in [-0.25, -0.2) is 4.98 Å². The molecule has 0 saturated carbocycles. The Balaban J connectivity index is 2.78. The summed E-state index contributed by atoms with van der Waals surface area (Å²) in [7, 11) is 0. The minimum atomic E-state index is -4.37. The van der Waals surface area contributed by atoms with Gasteiger partial charge in [0.1, 0.15) is 5.69 Å². The molecule has 1 aromatic heterocycles. The van der Waals surface area contributed by atoms with Gasteiger partial charge in [-0.1, -0.05) is 5.92 Å². The lowest BCUT2D eigenvalue weighted by molar-refractivity contribution is -0.137. The maximum absolute atomic E-state index is 12.3. The summed E-state index contributed by atoms with van der Waals surface area (Å²) in [5.41, 5.74) is -0.665. The van der Waals surface area contributed by atoms with E-state index in [-0.39, 0.29) is 12.3 Å². The molecule has 0 aliphatic rings. The zero-order valence-corrected chi connectivity index (χ0v) is 8.38. The van der Waals surface area contributed by atoms with Crippen molar-refractivity contribution in [3.63, 3.8) is 0 Å². The van der Waals surface area contributed by atoms with Gasteiger partial charge in [0.2, 0.25) is 0 Å². The number of pyridine rings is 1. The van der Waals surface area contributed by atoms with Crippen molar-refractivity contribution >= 4 is 0 Å². The molecule has 0 aromatic carbocycles. The molecule has 0 fully saturated rings. The van der Waals surface area contributed by atoms with Crippen LogP contribution >= 0.6 is 0 Å². The minimum absolute atomic E-state index is 0.0186. The number of hydrogen-bond donors (Lipinski definition) is 1. The molecule has 1 rings (SSSR count). The second-order valence-corrected chi connectivity index (χ2v) is 3.06. The van der Waals surface area contributed by atoms with Gasteiger partial charge >= 0.3 is 6.18 Å². The van der Waals surface area contributed by atoms with Crippen molar-refractivity contribution in [1.29, 1.82) is 0 Å². The Morgan fingerprint density at radius 1 is 1.38 bits per heavy atom. The Morgan fingerprint density at radius 2 is 2.12 bits per heavy atom. The fourth-order valence-corrected chi connectivity index (χ4v) is 0.996. The zero-order chi connectivity index (χ0) is 12.0. The zero-order valence-electron chi connectivity index (χ0n) is 8.38. The van der Waals surface area contributed by atoms with E-state index >= 15 is 0 Å². The van der Waals surface area contributed by atoms with Crippen molar-refractivity contribution in [1.82, 2.24) is 4.98 Å².